The van der Waals surface area contributed by atoms with Crippen LogP contribution in [0.1, 0.15) is 5.56 Å². The van der Waals surface area contributed by atoms with E-state index in [0.717, 1.165) is 10.2 Å². The lowest BCUT2D eigenvalue weighted by Crippen LogP contribution is -2.28. The van der Waals surface area contributed by atoms with E-state index in [1.54, 1.807) is 60.8 Å². The zero-order valence-electron chi connectivity index (χ0n) is 17.7. The van der Waals surface area contributed by atoms with Gasteiger partial charge < -0.3 is 9.84 Å². The molecule has 0 unspecified atom stereocenters. The van der Waals surface area contributed by atoms with Crippen molar-refractivity contribution in [2.45, 2.75) is 13.5 Å². The van der Waals surface area contributed by atoms with Crippen LogP contribution < -0.4 is 11.0 Å². The molecule has 0 saturated carbocycles. The normalized spacial score (nSPS) is 11.1. The topological polar surface area (TPSA) is 107 Å². The van der Waals surface area contributed by atoms with Gasteiger partial charge in [0.25, 0.3) is 5.89 Å². The molecule has 170 valence electrons. The molecule has 2 aromatic carbocycles. The highest BCUT2D eigenvalue weighted by atomic mass is 35.5. The molecule has 3 aromatic heterocycles. The van der Waals surface area contributed by atoms with Crippen molar-refractivity contribution in [1.82, 2.24) is 24.3 Å². The van der Waals surface area contributed by atoms with Crippen molar-refractivity contribution in [1.29, 1.82) is 0 Å². The molecule has 1 amide bonds. The zero-order chi connectivity index (χ0) is 23.8. The van der Waals surface area contributed by atoms with E-state index in [0.29, 0.717) is 32.7 Å². The van der Waals surface area contributed by atoms with Gasteiger partial charge >= 0.3 is 5.69 Å². The second-order valence-corrected chi connectivity index (χ2v) is 8.37. The van der Waals surface area contributed by atoms with Crippen LogP contribution in [0, 0.1) is 6.92 Å². The molecule has 3 heterocycles. The first-order chi connectivity index (χ1) is 16.4. The number of amides is 1. The number of carbonyl (C=O) groups excluding carboxylic acids is 1. The number of hydrogen-bond donors (Lipinski definition) is 1. The summed E-state index contributed by atoms with van der Waals surface area (Å²) in [6.07, 6.45) is 1.55. The molecule has 0 atom stereocenters. The molecule has 0 bridgehead atoms. The summed E-state index contributed by atoms with van der Waals surface area (Å²) in [7, 11) is 0. The Balaban J connectivity index is 1.46. The van der Waals surface area contributed by atoms with Gasteiger partial charge in [-0.3, -0.25) is 4.79 Å². The highest BCUT2D eigenvalue weighted by Gasteiger charge is 2.19. The van der Waals surface area contributed by atoms with Crippen LogP contribution >= 0.6 is 23.2 Å². The van der Waals surface area contributed by atoms with Crippen LogP contribution in [0.3, 0.4) is 0 Å². The molecule has 0 aliphatic rings. The Morgan fingerprint density at radius 2 is 1.91 bits per heavy atom. The largest absolute Gasteiger partial charge is 0.350 e. The molecule has 5 aromatic rings. The Hall–Kier alpha value is -3.95. The van der Waals surface area contributed by atoms with Gasteiger partial charge in [-0.1, -0.05) is 46.6 Å². The Labute approximate surface area is 202 Å². The van der Waals surface area contributed by atoms with Crippen molar-refractivity contribution >= 4 is 40.4 Å². The number of nitrogens with zero attached hydrogens (tertiary/aromatic N) is 5. The molecule has 0 aliphatic heterocycles. The number of fused-ring (bicyclic) bond motifs is 1. The molecule has 5 rings (SSSR count). The van der Waals surface area contributed by atoms with Gasteiger partial charge in [0.15, 0.2) is 5.65 Å². The average Bonchev–Trinajstić information content (AvgIpc) is 3.42. The third-order valence-corrected chi connectivity index (χ3v) is 5.59. The first kappa shape index (κ1) is 21.9. The standard InChI is InChI=1S/C23H16Cl2N6O3/c1-13-7-8-16(25)11-18(13)26-19(32)12-31-23(33)30-9-3-6-17(21(30)28-31)22-27-20(29-34-22)14-4-2-5-15(24)10-14/h2-11H,12H2,1H3,(H,26,32). The van der Waals surface area contributed by atoms with Crippen LogP contribution in [0.25, 0.3) is 28.5 Å². The molecule has 0 aliphatic carbocycles. The lowest BCUT2D eigenvalue weighted by molar-refractivity contribution is -0.117. The number of aromatic nitrogens is 5. The minimum Gasteiger partial charge on any atom is -0.333 e. The fraction of sp³-hybridized carbons (Fsp3) is 0.0870. The van der Waals surface area contributed by atoms with E-state index >= 15 is 0 Å². The van der Waals surface area contributed by atoms with Gasteiger partial charge in [0, 0.05) is 27.5 Å². The Morgan fingerprint density at radius 1 is 1.09 bits per heavy atom. The van der Waals surface area contributed by atoms with Crippen LogP contribution in [0.15, 0.2) is 70.1 Å². The highest BCUT2D eigenvalue weighted by Crippen LogP contribution is 2.26. The summed E-state index contributed by atoms with van der Waals surface area (Å²) in [6, 6.07) is 15.6. The smallest absolute Gasteiger partial charge is 0.333 e. The number of aryl methyl sites for hydroxylation is 1. The number of pyridine rings is 1. The van der Waals surface area contributed by atoms with Crippen LogP contribution in [-0.4, -0.2) is 30.2 Å². The van der Waals surface area contributed by atoms with Gasteiger partial charge in [0.1, 0.15) is 6.54 Å². The van der Waals surface area contributed by atoms with Crippen molar-refractivity contribution < 1.29 is 9.32 Å². The maximum absolute atomic E-state index is 12.9. The maximum Gasteiger partial charge on any atom is 0.350 e. The maximum atomic E-state index is 12.9. The third kappa shape index (κ3) is 4.18. The van der Waals surface area contributed by atoms with E-state index in [2.05, 4.69) is 20.6 Å². The predicted molar refractivity (Wildman–Crippen MR) is 128 cm³/mol. The van der Waals surface area contributed by atoms with E-state index < -0.39 is 11.6 Å². The van der Waals surface area contributed by atoms with E-state index in [9.17, 15) is 9.59 Å². The van der Waals surface area contributed by atoms with E-state index in [1.807, 2.05) is 6.92 Å². The van der Waals surface area contributed by atoms with Crippen molar-refractivity contribution in [3.63, 3.8) is 0 Å². The number of nitrogens with one attached hydrogen (secondary N) is 1. The van der Waals surface area contributed by atoms with Crippen molar-refractivity contribution in [3.05, 3.63) is 86.9 Å². The summed E-state index contributed by atoms with van der Waals surface area (Å²) in [5.41, 5.74) is 2.34. The molecule has 0 radical (unpaired) electrons. The fourth-order valence-electron chi connectivity index (χ4n) is 3.44. The number of halogens is 2. The van der Waals surface area contributed by atoms with Gasteiger partial charge in [0.2, 0.25) is 11.7 Å². The monoisotopic (exact) mass is 494 g/mol. The molecular formula is C23H16Cl2N6O3. The molecule has 0 spiro atoms. The number of hydrogen-bond acceptors (Lipinski definition) is 6. The van der Waals surface area contributed by atoms with E-state index in [1.165, 1.54) is 4.40 Å². The summed E-state index contributed by atoms with van der Waals surface area (Å²) in [5.74, 6) is 0.104. The lowest BCUT2D eigenvalue weighted by Gasteiger charge is -2.08. The fourth-order valence-corrected chi connectivity index (χ4v) is 3.80. The highest BCUT2D eigenvalue weighted by molar-refractivity contribution is 6.31. The minimum absolute atomic E-state index is 0.178. The van der Waals surface area contributed by atoms with Crippen molar-refractivity contribution in [3.8, 4) is 22.8 Å². The van der Waals surface area contributed by atoms with Gasteiger partial charge in [0.05, 0.1) is 5.56 Å². The number of benzene rings is 2. The summed E-state index contributed by atoms with van der Waals surface area (Å²) in [5, 5.41) is 12.1. The molecule has 0 fully saturated rings. The second-order valence-electron chi connectivity index (χ2n) is 7.50. The van der Waals surface area contributed by atoms with Gasteiger partial charge in [-0.15, -0.1) is 5.10 Å². The molecule has 9 nitrogen and oxygen atoms in total. The second kappa shape index (κ2) is 8.77. The predicted octanol–water partition coefficient (Wildman–Crippen LogP) is 4.47. The van der Waals surface area contributed by atoms with Gasteiger partial charge in [-0.05, 0) is 48.9 Å². The average molecular weight is 495 g/mol. The number of anilines is 1. The summed E-state index contributed by atoms with van der Waals surface area (Å²) >= 11 is 12.1. The minimum atomic E-state index is -0.482. The summed E-state index contributed by atoms with van der Waals surface area (Å²) in [4.78, 5) is 29.9. The van der Waals surface area contributed by atoms with Gasteiger partial charge in [-0.25, -0.2) is 13.9 Å². The Bertz CT molecular complexity index is 1600. The quantitative estimate of drug-likeness (QED) is 0.386. The van der Waals surface area contributed by atoms with Crippen molar-refractivity contribution in [2.75, 3.05) is 5.32 Å². The SMILES string of the molecule is Cc1ccc(Cl)cc1NC(=O)Cn1nc2c(-c3nc(-c4cccc(Cl)c4)no3)cccn2c1=O. The van der Waals surface area contributed by atoms with Gasteiger partial charge in [-0.2, -0.15) is 4.98 Å². The zero-order valence-corrected chi connectivity index (χ0v) is 19.2. The Morgan fingerprint density at radius 3 is 2.74 bits per heavy atom. The van der Waals surface area contributed by atoms with E-state index in [4.69, 9.17) is 27.7 Å². The molecule has 0 saturated heterocycles. The molecule has 34 heavy (non-hydrogen) atoms. The van der Waals surface area contributed by atoms with Crippen LogP contribution in [0.2, 0.25) is 10.0 Å². The van der Waals surface area contributed by atoms with E-state index in [-0.39, 0.29) is 18.1 Å². The van der Waals surface area contributed by atoms with Crippen molar-refractivity contribution in [2.24, 2.45) is 0 Å². The first-order valence-corrected chi connectivity index (χ1v) is 10.9. The number of carbonyl (C=O) groups is 1. The number of rotatable bonds is 5. The summed E-state index contributed by atoms with van der Waals surface area (Å²) < 4.78 is 7.81. The molecule has 11 heteroatoms. The Kier molecular flexibility index (Phi) is 5.64. The summed E-state index contributed by atoms with van der Waals surface area (Å²) in [6.45, 7) is 1.56. The first-order valence-electron chi connectivity index (χ1n) is 10.1. The van der Waals surface area contributed by atoms with Crippen LogP contribution in [0.4, 0.5) is 5.69 Å². The third-order valence-electron chi connectivity index (χ3n) is 5.12. The molecule has 1 N–H and O–H groups in total. The lowest BCUT2D eigenvalue weighted by atomic mass is 10.2. The molecular weight excluding hydrogens is 479 g/mol. The van der Waals surface area contributed by atoms with Crippen LogP contribution in [-0.2, 0) is 11.3 Å². The van der Waals surface area contributed by atoms with Crippen LogP contribution in [0.5, 0.6) is 0 Å².